The second-order valence-electron chi connectivity index (χ2n) is 8.49. The van der Waals surface area contributed by atoms with E-state index in [1.165, 1.54) is 4.90 Å². The molecule has 1 aromatic heterocycles. The zero-order chi connectivity index (χ0) is 23.4. The minimum Gasteiger partial charge on any atom is -0.497 e. The Kier molecular flexibility index (Phi) is 6.73. The maximum absolute atomic E-state index is 13.6. The molecule has 6 nitrogen and oxygen atoms in total. The van der Waals surface area contributed by atoms with Gasteiger partial charge in [-0.3, -0.25) is 14.7 Å². The molecule has 0 bridgehead atoms. The number of carbonyl (C=O) groups excluding carboxylic acids is 2. The number of amides is 3. The number of benzene rings is 2. The molecule has 6 heteroatoms. The van der Waals surface area contributed by atoms with Crippen LogP contribution in [-0.4, -0.2) is 46.9 Å². The Labute approximate surface area is 194 Å². The van der Waals surface area contributed by atoms with Gasteiger partial charge in [-0.1, -0.05) is 48.5 Å². The zero-order valence-corrected chi connectivity index (χ0v) is 19.2. The molecule has 1 aliphatic rings. The predicted molar refractivity (Wildman–Crippen MR) is 127 cm³/mol. The number of imide groups is 1. The summed E-state index contributed by atoms with van der Waals surface area (Å²) >= 11 is 0. The Hall–Kier alpha value is -3.67. The van der Waals surface area contributed by atoms with Crippen molar-refractivity contribution in [2.75, 3.05) is 14.2 Å². The third-order valence-electron chi connectivity index (χ3n) is 6.48. The van der Waals surface area contributed by atoms with E-state index in [4.69, 9.17) is 4.74 Å². The summed E-state index contributed by atoms with van der Waals surface area (Å²) in [5.74, 6) is 0.510. The van der Waals surface area contributed by atoms with Gasteiger partial charge in [0, 0.05) is 25.9 Å². The normalized spacial score (nSPS) is 18.9. The van der Waals surface area contributed by atoms with Gasteiger partial charge in [0.05, 0.1) is 19.2 Å². The first kappa shape index (κ1) is 22.5. The maximum Gasteiger partial charge on any atom is 0.327 e. The highest BCUT2D eigenvalue weighted by Gasteiger charge is 2.45. The van der Waals surface area contributed by atoms with E-state index in [9.17, 15) is 9.59 Å². The minimum absolute atomic E-state index is 0.106. The Bertz CT molecular complexity index is 1090. The summed E-state index contributed by atoms with van der Waals surface area (Å²) in [5, 5.41) is 0. The number of hydrogen-bond acceptors (Lipinski definition) is 4. The Balaban J connectivity index is 1.61. The maximum atomic E-state index is 13.6. The highest BCUT2D eigenvalue weighted by Crippen LogP contribution is 2.36. The number of pyridine rings is 1. The Morgan fingerprint density at radius 3 is 2.42 bits per heavy atom. The van der Waals surface area contributed by atoms with Crippen molar-refractivity contribution in [3.63, 3.8) is 0 Å². The average molecular weight is 444 g/mol. The summed E-state index contributed by atoms with van der Waals surface area (Å²) in [5.41, 5.74) is 3.03. The van der Waals surface area contributed by atoms with E-state index in [-0.39, 0.29) is 36.4 Å². The number of nitrogens with zero attached hydrogens (tertiary/aromatic N) is 3. The first-order valence-corrected chi connectivity index (χ1v) is 11.2. The first-order valence-electron chi connectivity index (χ1n) is 11.2. The summed E-state index contributed by atoms with van der Waals surface area (Å²) in [4.78, 5) is 34.1. The summed E-state index contributed by atoms with van der Waals surface area (Å²) in [6.45, 7) is 1.98. The molecule has 3 aromatic rings. The summed E-state index contributed by atoms with van der Waals surface area (Å²) < 4.78 is 5.26. The van der Waals surface area contributed by atoms with Crippen LogP contribution < -0.4 is 4.74 Å². The lowest BCUT2D eigenvalue weighted by molar-refractivity contribution is -0.129. The molecule has 0 spiro atoms. The minimum atomic E-state index is -0.313. The SMILES string of the molecule is COc1ccc(CC(CC(=O)N2C(=O)N(C)C(C)C2c2ccccc2)c2cccnc2)cc1. The molecule has 2 aromatic carbocycles. The average Bonchev–Trinajstić information content (AvgIpc) is 3.09. The van der Waals surface area contributed by atoms with Gasteiger partial charge >= 0.3 is 6.03 Å². The van der Waals surface area contributed by atoms with E-state index < -0.39 is 0 Å². The fourth-order valence-electron chi connectivity index (χ4n) is 4.51. The van der Waals surface area contributed by atoms with Gasteiger partial charge < -0.3 is 9.64 Å². The van der Waals surface area contributed by atoms with E-state index in [0.29, 0.717) is 6.42 Å². The molecule has 0 saturated carbocycles. The molecule has 3 atom stereocenters. The van der Waals surface area contributed by atoms with Crippen LogP contribution in [0.2, 0.25) is 0 Å². The number of aromatic nitrogens is 1. The van der Waals surface area contributed by atoms with Crippen molar-refractivity contribution in [3.8, 4) is 5.75 Å². The molecule has 3 unspecified atom stereocenters. The van der Waals surface area contributed by atoms with Crippen molar-refractivity contribution < 1.29 is 14.3 Å². The molecule has 3 amide bonds. The van der Waals surface area contributed by atoms with E-state index in [1.54, 1.807) is 31.5 Å². The van der Waals surface area contributed by atoms with Crippen LogP contribution in [0.25, 0.3) is 0 Å². The second kappa shape index (κ2) is 9.86. The van der Waals surface area contributed by atoms with Gasteiger partial charge in [0.25, 0.3) is 0 Å². The molecular formula is C27H29N3O3. The van der Waals surface area contributed by atoms with E-state index in [0.717, 1.165) is 22.4 Å². The van der Waals surface area contributed by atoms with Crippen LogP contribution in [0.1, 0.15) is 42.0 Å². The third-order valence-corrected chi connectivity index (χ3v) is 6.48. The third kappa shape index (κ3) is 4.75. The van der Waals surface area contributed by atoms with Gasteiger partial charge in [-0.25, -0.2) is 4.79 Å². The quantitative estimate of drug-likeness (QED) is 0.525. The van der Waals surface area contributed by atoms with Crippen molar-refractivity contribution in [2.24, 2.45) is 0 Å². The number of hydrogen-bond donors (Lipinski definition) is 0. The van der Waals surface area contributed by atoms with E-state index in [1.807, 2.05) is 73.7 Å². The van der Waals surface area contributed by atoms with Crippen LogP contribution in [-0.2, 0) is 11.2 Å². The lowest BCUT2D eigenvalue weighted by Gasteiger charge is -2.26. The van der Waals surface area contributed by atoms with Gasteiger partial charge in [0.1, 0.15) is 5.75 Å². The van der Waals surface area contributed by atoms with Crippen LogP contribution in [0.3, 0.4) is 0 Å². The zero-order valence-electron chi connectivity index (χ0n) is 19.2. The second-order valence-corrected chi connectivity index (χ2v) is 8.49. The largest absolute Gasteiger partial charge is 0.497 e. The van der Waals surface area contributed by atoms with Crippen molar-refractivity contribution in [1.82, 2.24) is 14.8 Å². The van der Waals surface area contributed by atoms with Gasteiger partial charge in [-0.15, -0.1) is 0 Å². The highest BCUT2D eigenvalue weighted by molar-refractivity contribution is 5.97. The van der Waals surface area contributed by atoms with Gasteiger partial charge in [-0.05, 0) is 54.2 Å². The molecule has 33 heavy (non-hydrogen) atoms. The fourth-order valence-corrected chi connectivity index (χ4v) is 4.51. The van der Waals surface area contributed by atoms with Crippen molar-refractivity contribution in [3.05, 3.63) is 95.8 Å². The van der Waals surface area contributed by atoms with E-state index in [2.05, 4.69) is 4.98 Å². The fraction of sp³-hybridized carbons (Fsp3) is 0.296. The summed E-state index contributed by atoms with van der Waals surface area (Å²) in [7, 11) is 3.40. The van der Waals surface area contributed by atoms with Crippen LogP contribution in [0, 0.1) is 0 Å². The number of likely N-dealkylation sites (N-methyl/N-ethyl adjacent to an activating group) is 1. The van der Waals surface area contributed by atoms with Crippen LogP contribution in [0.5, 0.6) is 5.75 Å². The van der Waals surface area contributed by atoms with Gasteiger partial charge in [0.15, 0.2) is 0 Å². The topological polar surface area (TPSA) is 62.7 Å². The van der Waals surface area contributed by atoms with Crippen LogP contribution in [0.15, 0.2) is 79.1 Å². The lowest BCUT2D eigenvalue weighted by Crippen LogP contribution is -2.37. The Morgan fingerprint density at radius 1 is 1.06 bits per heavy atom. The molecule has 1 aliphatic heterocycles. The molecule has 170 valence electrons. The van der Waals surface area contributed by atoms with Gasteiger partial charge in [0.2, 0.25) is 5.91 Å². The number of ether oxygens (including phenoxy) is 1. The van der Waals surface area contributed by atoms with Crippen LogP contribution >= 0.6 is 0 Å². The summed E-state index contributed by atoms with van der Waals surface area (Å²) in [6, 6.07) is 20.8. The number of urea groups is 1. The molecule has 1 fully saturated rings. The van der Waals surface area contributed by atoms with Crippen molar-refractivity contribution in [2.45, 2.75) is 37.8 Å². The highest BCUT2D eigenvalue weighted by atomic mass is 16.5. The standard InChI is InChI=1S/C27H29N3O3/c1-19-26(21-8-5-4-6-9-21)30(27(32)29(19)2)25(31)17-23(22-10-7-15-28-18-22)16-20-11-13-24(33-3)14-12-20/h4-15,18-19,23,26H,16-17H2,1-3H3. The number of carbonyl (C=O) groups is 2. The van der Waals surface area contributed by atoms with Crippen molar-refractivity contribution >= 4 is 11.9 Å². The van der Waals surface area contributed by atoms with Crippen molar-refractivity contribution in [1.29, 1.82) is 0 Å². The van der Waals surface area contributed by atoms with E-state index >= 15 is 0 Å². The summed E-state index contributed by atoms with van der Waals surface area (Å²) in [6.07, 6.45) is 4.40. The molecule has 0 radical (unpaired) electrons. The molecule has 0 aliphatic carbocycles. The molecule has 4 rings (SSSR count). The predicted octanol–water partition coefficient (Wildman–Crippen LogP) is 4.83. The Morgan fingerprint density at radius 2 is 1.79 bits per heavy atom. The smallest absolute Gasteiger partial charge is 0.327 e. The first-order chi connectivity index (χ1) is 16.0. The molecule has 0 N–H and O–H groups in total. The number of methoxy groups -OCH3 is 1. The lowest BCUT2D eigenvalue weighted by atomic mass is 9.89. The monoisotopic (exact) mass is 443 g/mol. The molecule has 2 heterocycles. The number of rotatable bonds is 7. The van der Waals surface area contributed by atoms with Gasteiger partial charge in [-0.2, -0.15) is 0 Å². The van der Waals surface area contributed by atoms with Crippen LogP contribution in [0.4, 0.5) is 4.79 Å². The molecule has 1 saturated heterocycles. The molecular weight excluding hydrogens is 414 g/mol.